The monoisotopic (exact) mass is 398 g/mol. The second-order valence-corrected chi connectivity index (χ2v) is 7.09. The van der Waals surface area contributed by atoms with Crippen LogP contribution in [0.3, 0.4) is 0 Å². The average molecular weight is 398 g/mol. The zero-order valence-corrected chi connectivity index (χ0v) is 16.6. The molecular formula is C20H22N4O3S. The summed E-state index contributed by atoms with van der Waals surface area (Å²) in [6.07, 6.45) is 1.63. The molecule has 0 aliphatic heterocycles. The van der Waals surface area contributed by atoms with Crippen LogP contribution in [0.1, 0.15) is 19.5 Å². The Hall–Kier alpha value is -2.97. The number of anilines is 2. The number of furan rings is 1. The predicted molar refractivity (Wildman–Crippen MR) is 110 cm³/mol. The van der Waals surface area contributed by atoms with Gasteiger partial charge in [-0.25, -0.2) is 4.98 Å². The second kappa shape index (κ2) is 9.29. The average Bonchev–Trinajstić information content (AvgIpc) is 3.34. The van der Waals surface area contributed by atoms with Gasteiger partial charge in [-0.3, -0.25) is 14.5 Å². The van der Waals surface area contributed by atoms with Gasteiger partial charge in [-0.05, 0) is 42.9 Å². The molecule has 8 heteroatoms. The lowest BCUT2D eigenvalue weighted by molar-refractivity contribution is -0.117. The van der Waals surface area contributed by atoms with Crippen molar-refractivity contribution >= 4 is 34.5 Å². The normalized spacial score (nSPS) is 10.8. The molecule has 0 spiro atoms. The number of hydrogen-bond donors (Lipinski definition) is 2. The topological polar surface area (TPSA) is 87.5 Å². The first-order valence-corrected chi connectivity index (χ1v) is 9.79. The highest BCUT2D eigenvalue weighted by Gasteiger charge is 2.13. The third kappa shape index (κ3) is 5.51. The molecule has 2 N–H and O–H groups in total. The van der Waals surface area contributed by atoms with Gasteiger partial charge in [0.25, 0.3) is 0 Å². The van der Waals surface area contributed by atoms with Crippen molar-refractivity contribution in [2.75, 3.05) is 23.7 Å². The Bertz CT molecular complexity index is 919. The Morgan fingerprint density at radius 1 is 1.14 bits per heavy atom. The number of thiazole rings is 1. The van der Waals surface area contributed by atoms with E-state index in [4.69, 9.17) is 4.42 Å². The van der Waals surface area contributed by atoms with Gasteiger partial charge in [0, 0.05) is 30.2 Å². The van der Waals surface area contributed by atoms with Gasteiger partial charge in [0.2, 0.25) is 11.8 Å². The van der Waals surface area contributed by atoms with Crippen molar-refractivity contribution in [2.24, 2.45) is 0 Å². The van der Waals surface area contributed by atoms with Crippen molar-refractivity contribution in [3.63, 3.8) is 0 Å². The first-order valence-electron chi connectivity index (χ1n) is 8.91. The number of rotatable bonds is 8. The van der Waals surface area contributed by atoms with E-state index in [1.54, 1.807) is 30.5 Å². The molecule has 0 atom stereocenters. The molecule has 0 aliphatic carbocycles. The first-order chi connectivity index (χ1) is 13.5. The van der Waals surface area contributed by atoms with E-state index in [2.05, 4.69) is 15.6 Å². The molecule has 0 bridgehead atoms. The van der Waals surface area contributed by atoms with Gasteiger partial charge in [-0.15, -0.1) is 11.3 Å². The predicted octanol–water partition coefficient (Wildman–Crippen LogP) is 3.82. The molecule has 0 aliphatic rings. The molecule has 2 aromatic heterocycles. The highest BCUT2D eigenvalue weighted by atomic mass is 32.1. The Labute approximate surface area is 167 Å². The van der Waals surface area contributed by atoms with E-state index in [1.165, 1.54) is 18.3 Å². The van der Waals surface area contributed by atoms with Crippen molar-refractivity contribution in [1.29, 1.82) is 0 Å². The highest BCUT2D eigenvalue weighted by Crippen LogP contribution is 2.24. The number of amides is 2. The smallest absolute Gasteiger partial charge is 0.238 e. The summed E-state index contributed by atoms with van der Waals surface area (Å²) in [5.41, 5.74) is 2.28. The maximum Gasteiger partial charge on any atom is 0.238 e. The summed E-state index contributed by atoms with van der Waals surface area (Å²) in [5, 5.41) is 8.39. The summed E-state index contributed by atoms with van der Waals surface area (Å²) in [5.74, 6) is 0.517. The van der Waals surface area contributed by atoms with Crippen molar-refractivity contribution in [1.82, 2.24) is 9.88 Å². The van der Waals surface area contributed by atoms with Crippen LogP contribution in [0, 0.1) is 0 Å². The largest absolute Gasteiger partial charge is 0.462 e. The van der Waals surface area contributed by atoms with Crippen molar-refractivity contribution in [2.45, 2.75) is 20.4 Å². The van der Waals surface area contributed by atoms with Crippen molar-refractivity contribution in [3.8, 4) is 10.8 Å². The van der Waals surface area contributed by atoms with Gasteiger partial charge in [-0.1, -0.05) is 6.92 Å². The van der Waals surface area contributed by atoms with Crippen LogP contribution in [-0.2, 0) is 16.1 Å². The maximum atomic E-state index is 12.4. The van der Waals surface area contributed by atoms with E-state index in [0.717, 1.165) is 23.0 Å². The van der Waals surface area contributed by atoms with Crippen LogP contribution in [-0.4, -0.2) is 34.8 Å². The van der Waals surface area contributed by atoms with Crippen LogP contribution in [0.15, 0.2) is 52.5 Å². The first kappa shape index (κ1) is 19.8. The molecule has 28 heavy (non-hydrogen) atoms. The lowest BCUT2D eigenvalue weighted by Gasteiger charge is -2.18. The number of hydrogen-bond acceptors (Lipinski definition) is 6. The molecule has 0 unspecified atom stereocenters. The summed E-state index contributed by atoms with van der Waals surface area (Å²) in [7, 11) is 0. The zero-order valence-electron chi connectivity index (χ0n) is 15.8. The molecular weight excluding hydrogens is 376 g/mol. The van der Waals surface area contributed by atoms with Crippen LogP contribution in [0.25, 0.3) is 10.8 Å². The quantitative estimate of drug-likeness (QED) is 0.602. The van der Waals surface area contributed by atoms with E-state index < -0.39 is 0 Å². The third-order valence-corrected chi connectivity index (χ3v) is 4.88. The fraction of sp³-hybridized carbons (Fsp3) is 0.250. The number of aromatic nitrogens is 1. The number of likely N-dealkylation sites (N-methyl/N-ethyl adjacent to an activating group) is 1. The molecule has 146 valence electrons. The maximum absolute atomic E-state index is 12.4. The molecule has 0 radical (unpaired) electrons. The minimum absolute atomic E-state index is 0.101. The van der Waals surface area contributed by atoms with Crippen LogP contribution >= 0.6 is 11.3 Å². The Kier molecular flexibility index (Phi) is 6.57. The third-order valence-electron chi connectivity index (χ3n) is 3.97. The number of carbonyl (C=O) groups is 2. The second-order valence-electron chi connectivity index (χ2n) is 6.23. The number of benzene rings is 1. The minimum atomic E-state index is -0.132. The number of nitrogens with one attached hydrogen (secondary N) is 2. The number of nitrogens with zero attached hydrogens (tertiary/aromatic N) is 2. The van der Waals surface area contributed by atoms with Crippen LogP contribution in [0.5, 0.6) is 0 Å². The molecule has 0 saturated heterocycles. The molecule has 0 fully saturated rings. The van der Waals surface area contributed by atoms with Crippen LogP contribution in [0.2, 0.25) is 0 Å². The van der Waals surface area contributed by atoms with E-state index in [9.17, 15) is 9.59 Å². The van der Waals surface area contributed by atoms with Gasteiger partial charge in [0.05, 0.1) is 18.5 Å². The fourth-order valence-corrected chi connectivity index (χ4v) is 3.42. The highest BCUT2D eigenvalue weighted by molar-refractivity contribution is 7.13. The summed E-state index contributed by atoms with van der Waals surface area (Å²) in [4.78, 5) is 30.0. The van der Waals surface area contributed by atoms with E-state index in [-0.39, 0.29) is 18.4 Å². The molecule has 1 aromatic carbocycles. The molecule has 2 heterocycles. The Morgan fingerprint density at radius 3 is 2.46 bits per heavy atom. The molecule has 3 rings (SSSR count). The van der Waals surface area contributed by atoms with Gasteiger partial charge >= 0.3 is 0 Å². The van der Waals surface area contributed by atoms with Crippen molar-refractivity contribution < 1.29 is 14.0 Å². The fourth-order valence-electron chi connectivity index (χ4n) is 2.65. The van der Waals surface area contributed by atoms with Crippen molar-refractivity contribution in [3.05, 3.63) is 53.7 Å². The summed E-state index contributed by atoms with van der Waals surface area (Å²) in [6, 6.07) is 10.7. The molecule has 7 nitrogen and oxygen atoms in total. The van der Waals surface area contributed by atoms with Gasteiger partial charge in [0.1, 0.15) is 0 Å². The van der Waals surface area contributed by atoms with E-state index in [0.29, 0.717) is 17.9 Å². The van der Waals surface area contributed by atoms with Gasteiger partial charge in [-0.2, -0.15) is 0 Å². The molecule has 0 saturated carbocycles. The molecule has 3 aromatic rings. The Morgan fingerprint density at radius 2 is 1.86 bits per heavy atom. The summed E-state index contributed by atoms with van der Waals surface area (Å²) < 4.78 is 5.37. The minimum Gasteiger partial charge on any atom is -0.462 e. The van der Waals surface area contributed by atoms with E-state index >= 15 is 0 Å². The van der Waals surface area contributed by atoms with Crippen LogP contribution in [0.4, 0.5) is 11.4 Å². The molecule has 2 amide bonds. The Balaban J connectivity index is 1.54. The zero-order chi connectivity index (χ0) is 19.9. The van der Waals surface area contributed by atoms with Crippen LogP contribution < -0.4 is 10.6 Å². The van der Waals surface area contributed by atoms with Gasteiger partial charge < -0.3 is 15.1 Å². The summed E-state index contributed by atoms with van der Waals surface area (Å²) >= 11 is 1.52. The lowest BCUT2D eigenvalue weighted by Crippen LogP contribution is -2.32. The van der Waals surface area contributed by atoms with Gasteiger partial charge in [0.15, 0.2) is 10.8 Å². The lowest BCUT2D eigenvalue weighted by atomic mass is 10.2. The number of carbonyl (C=O) groups excluding carboxylic acids is 2. The van der Waals surface area contributed by atoms with E-state index in [1.807, 2.05) is 29.3 Å². The summed E-state index contributed by atoms with van der Waals surface area (Å²) in [6.45, 7) is 5.03. The SMILES string of the molecule is CCN(CC(=O)Nc1ccc(NC(C)=O)cc1)Cc1csc(-c2ccco2)n1. The standard InChI is InChI=1S/C20H22N4O3S/c1-3-24(11-17-13-28-20(23-17)18-5-4-10-27-18)12-19(26)22-16-8-6-15(7-9-16)21-14(2)25/h4-10,13H,3,11-12H2,1-2H3,(H,21,25)(H,22,26).